The highest BCUT2D eigenvalue weighted by molar-refractivity contribution is 7.00. The van der Waals surface area contributed by atoms with Crippen molar-refractivity contribution in [2.75, 3.05) is 14.7 Å². The smallest absolute Gasteiger partial charge is 0.252 e. The summed E-state index contributed by atoms with van der Waals surface area (Å²) in [5.41, 5.74) is 22.9. The molecule has 4 heteroatoms. The predicted molar refractivity (Wildman–Crippen MR) is 315 cm³/mol. The van der Waals surface area contributed by atoms with Crippen molar-refractivity contribution in [3.63, 3.8) is 0 Å². The minimum Gasteiger partial charge on any atom is -0.311 e. The minimum absolute atomic E-state index is 0.0123. The fourth-order valence-electron chi connectivity index (χ4n) is 13.7. The second-order valence-electron chi connectivity index (χ2n) is 25.5. The summed E-state index contributed by atoms with van der Waals surface area (Å²) in [4.78, 5) is 7.30. The van der Waals surface area contributed by atoms with Crippen LogP contribution in [-0.4, -0.2) is 6.71 Å². The highest BCUT2D eigenvalue weighted by Gasteiger charge is 2.49. The molecule has 0 radical (unpaired) electrons. The molecule has 0 bridgehead atoms. The molecule has 0 N–H and O–H groups in total. The van der Waals surface area contributed by atoms with Gasteiger partial charge >= 0.3 is 0 Å². The molecule has 0 unspecified atom stereocenters. The maximum Gasteiger partial charge on any atom is 0.252 e. The van der Waals surface area contributed by atoms with Crippen LogP contribution < -0.4 is 31.1 Å². The Morgan fingerprint density at radius 1 is 0.479 bits per heavy atom. The van der Waals surface area contributed by atoms with E-state index in [9.17, 15) is 4.11 Å². The number of para-hydroxylation sites is 2. The van der Waals surface area contributed by atoms with Gasteiger partial charge < -0.3 is 14.7 Å². The molecule has 0 fully saturated rings. The van der Waals surface area contributed by atoms with Crippen molar-refractivity contribution >= 4 is 74.3 Å². The van der Waals surface area contributed by atoms with Gasteiger partial charge in [-0.1, -0.05) is 161 Å². The van der Waals surface area contributed by atoms with Crippen molar-refractivity contribution in [1.82, 2.24) is 0 Å². The molecule has 0 spiro atoms. The Hall–Kier alpha value is -6.78. The van der Waals surface area contributed by atoms with E-state index in [0.717, 1.165) is 87.0 Å². The lowest BCUT2D eigenvalue weighted by Gasteiger charge is -2.47. The van der Waals surface area contributed by atoms with E-state index < -0.39 is 6.85 Å². The van der Waals surface area contributed by atoms with Gasteiger partial charge in [-0.15, -0.1) is 0 Å². The topological polar surface area (TPSA) is 9.72 Å². The molecule has 0 saturated carbocycles. The van der Waals surface area contributed by atoms with Gasteiger partial charge in [0.2, 0.25) is 0 Å². The second kappa shape index (κ2) is 16.4. The molecule has 0 saturated heterocycles. The molecular formula is C69H72BN3. The van der Waals surface area contributed by atoms with Gasteiger partial charge in [0, 0.05) is 55.2 Å². The molecule has 3 nitrogen and oxygen atoms in total. The van der Waals surface area contributed by atoms with Gasteiger partial charge in [0.25, 0.3) is 6.71 Å². The third-order valence-corrected chi connectivity index (χ3v) is 17.4. The Morgan fingerprint density at radius 3 is 1.58 bits per heavy atom. The van der Waals surface area contributed by atoms with Crippen LogP contribution >= 0.6 is 0 Å². The van der Waals surface area contributed by atoms with Gasteiger partial charge in [0.1, 0.15) is 0 Å². The zero-order chi connectivity index (χ0) is 53.6. The van der Waals surface area contributed by atoms with Crippen LogP contribution in [0.4, 0.5) is 51.2 Å². The average molecular weight is 957 g/mol. The Bertz CT molecular complexity index is 3580. The van der Waals surface area contributed by atoms with Crippen molar-refractivity contribution in [1.29, 1.82) is 0 Å². The van der Waals surface area contributed by atoms with E-state index in [4.69, 9.17) is 0 Å². The third kappa shape index (κ3) is 7.52. The molecular weight excluding hydrogens is 882 g/mol. The fourth-order valence-corrected chi connectivity index (χ4v) is 13.7. The number of nitrogens with zero attached hydrogens (tertiary/aromatic N) is 3. The first kappa shape index (κ1) is 43.8. The van der Waals surface area contributed by atoms with Crippen LogP contribution in [0, 0.1) is 13.8 Å². The molecule has 0 amide bonds. The van der Waals surface area contributed by atoms with E-state index in [2.05, 4.69) is 249 Å². The summed E-state index contributed by atoms with van der Waals surface area (Å²) in [6, 6.07) is 60.3. The Kier molecular flexibility index (Phi) is 9.81. The molecule has 8 aromatic carbocycles. The lowest BCUT2D eigenvalue weighted by molar-refractivity contribution is 0.332. The van der Waals surface area contributed by atoms with E-state index in [1.807, 2.05) is 12.1 Å². The molecule has 8 aromatic rings. The van der Waals surface area contributed by atoms with E-state index in [1.54, 1.807) is 0 Å². The zero-order valence-corrected chi connectivity index (χ0v) is 45.1. The van der Waals surface area contributed by atoms with Crippen LogP contribution in [0.3, 0.4) is 0 Å². The molecule has 73 heavy (non-hydrogen) atoms. The maximum absolute atomic E-state index is 9.32. The largest absolute Gasteiger partial charge is 0.311 e. The number of hydrogen-bond acceptors (Lipinski definition) is 3. The Morgan fingerprint density at radius 2 is 0.986 bits per heavy atom. The molecule has 2 aliphatic carbocycles. The van der Waals surface area contributed by atoms with E-state index in [-0.39, 0.29) is 33.8 Å². The zero-order valence-electron chi connectivity index (χ0n) is 48.1. The summed E-state index contributed by atoms with van der Waals surface area (Å²) in [5, 5.41) is 0. The normalized spacial score (nSPS) is 18.1. The van der Waals surface area contributed by atoms with Crippen molar-refractivity contribution < 1.29 is 4.11 Å². The van der Waals surface area contributed by atoms with Gasteiger partial charge in [-0.05, 0) is 200 Å². The van der Waals surface area contributed by atoms with Crippen LogP contribution in [0.5, 0.6) is 0 Å². The van der Waals surface area contributed by atoms with Crippen molar-refractivity contribution in [2.24, 2.45) is 0 Å². The minimum atomic E-state index is -2.41. The molecule has 12 rings (SSSR count). The number of anilines is 9. The second-order valence-corrected chi connectivity index (χ2v) is 25.5. The van der Waals surface area contributed by atoms with Gasteiger partial charge in [-0.3, -0.25) is 0 Å². The fraction of sp³-hybridized carbons (Fsp3) is 0.304. The lowest BCUT2D eigenvalue weighted by Crippen LogP contribution is -2.61. The number of benzene rings is 8. The molecule has 2 aliphatic heterocycles. The molecule has 2 heterocycles. The molecule has 0 aromatic heterocycles. The quantitative estimate of drug-likeness (QED) is 0.154. The van der Waals surface area contributed by atoms with Crippen LogP contribution in [0.1, 0.15) is 138 Å². The monoisotopic (exact) mass is 957 g/mol. The standard InChI is InChI=1S/C69H72BN3/c1-44-35-62-64-63(36-44)73(60-41-54-52(37-45(60)2)66(6,7)33-34-67(54,8)9)59-32-30-50(71(48-25-19-15-20-26-48)49-27-21-16-22-28-49)39-56(59)70(64)57-40-53-55(69(12,13)43-68(53,10)11)42-61(57)72(62)58-31-29-47(65(3,4)5)38-51(58)46-23-17-14-18-24-46/h14-32,35-42H,33-34,43H2,1-13H3/i1D3. The Balaban J connectivity index is 1.24. The third-order valence-electron chi connectivity index (χ3n) is 17.4. The highest BCUT2D eigenvalue weighted by Crippen LogP contribution is 2.55. The van der Waals surface area contributed by atoms with E-state index >= 15 is 0 Å². The number of rotatable bonds is 6. The summed E-state index contributed by atoms with van der Waals surface area (Å²) in [5.74, 6) is 0. The van der Waals surface area contributed by atoms with Crippen LogP contribution in [-0.2, 0) is 27.1 Å². The van der Waals surface area contributed by atoms with Gasteiger partial charge in [0.05, 0.1) is 5.69 Å². The summed E-state index contributed by atoms with van der Waals surface area (Å²) < 4.78 is 28.0. The SMILES string of the molecule is [2H]C([2H])([2H])c1cc2c3c(c1)N(c1ccc(C(C)(C)C)cc1-c1ccccc1)c1cc4c(cc1B3c1cc(N(c3ccccc3)c3ccccc3)ccc1N2c1cc2c(cc1C)C(C)(C)CCC2(C)C)C(C)(C)CC4(C)C. The molecule has 366 valence electrons. The first-order valence-corrected chi connectivity index (χ1v) is 26.7. The van der Waals surface area contributed by atoms with Crippen LogP contribution in [0.2, 0.25) is 0 Å². The summed E-state index contributed by atoms with van der Waals surface area (Å²) in [7, 11) is 0. The van der Waals surface area contributed by atoms with Crippen molar-refractivity contribution in [2.45, 2.75) is 136 Å². The van der Waals surface area contributed by atoms with Crippen molar-refractivity contribution in [3.8, 4) is 11.1 Å². The number of aryl methyl sites for hydroxylation is 2. The summed E-state index contributed by atoms with van der Waals surface area (Å²) >= 11 is 0. The molecule has 0 atom stereocenters. The van der Waals surface area contributed by atoms with E-state index in [0.29, 0.717) is 5.56 Å². The van der Waals surface area contributed by atoms with E-state index in [1.165, 1.54) is 44.3 Å². The predicted octanol–water partition coefficient (Wildman–Crippen LogP) is 17.1. The van der Waals surface area contributed by atoms with Crippen molar-refractivity contribution in [3.05, 3.63) is 203 Å². The van der Waals surface area contributed by atoms with Gasteiger partial charge in [-0.25, -0.2) is 0 Å². The van der Waals surface area contributed by atoms with Gasteiger partial charge in [0.15, 0.2) is 0 Å². The lowest BCUT2D eigenvalue weighted by atomic mass is 9.33. The Labute approximate surface area is 441 Å². The first-order valence-electron chi connectivity index (χ1n) is 28.2. The van der Waals surface area contributed by atoms with Gasteiger partial charge in [-0.2, -0.15) is 0 Å². The van der Waals surface area contributed by atoms with Crippen LogP contribution in [0.25, 0.3) is 11.1 Å². The first-order chi connectivity index (χ1) is 35.8. The van der Waals surface area contributed by atoms with Crippen LogP contribution in [0.15, 0.2) is 164 Å². The molecule has 4 aliphatic rings. The number of fused-ring (bicyclic) bond motifs is 6. The maximum atomic E-state index is 9.32. The summed E-state index contributed by atoms with van der Waals surface area (Å²) in [6.07, 6.45) is 3.21. The summed E-state index contributed by atoms with van der Waals surface area (Å²) in [6.45, 7) is 25.7. The highest BCUT2D eigenvalue weighted by atomic mass is 15.2. The average Bonchev–Trinajstić information content (AvgIpc) is 3.57. The number of hydrogen-bond donors (Lipinski definition) is 0.